The predicted octanol–water partition coefficient (Wildman–Crippen LogP) is 4.31. The van der Waals surface area contributed by atoms with E-state index in [-0.39, 0.29) is 0 Å². The van der Waals surface area contributed by atoms with Crippen molar-refractivity contribution < 1.29 is 18.5 Å². The third-order valence-electron chi connectivity index (χ3n) is 3.70. The van der Waals surface area contributed by atoms with E-state index in [0.717, 1.165) is 48.3 Å². The van der Waals surface area contributed by atoms with Gasteiger partial charge in [0.1, 0.15) is 11.5 Å². The van der Waals surface area contributed by atoms with E-state index < -0.39 is 0 Å². The normalized spacial score (nSPS) is 11.1. The Morgan fingerprint density at radius 3 is 2.71 bits per heavy atom. The Balaban J connectivity index is 1.41. The van der Waals surface area contributed by atoms with Gasteiger partial charge in [0.05, 0.1) is 24.3 Å². The second-order valence-corrected chi connectivity index (χ2v) is 5.67. The highest BCUT2D eigenvalue weighted by Crippen LogP contribution is 2.28. The lowest BCUT2D eigenvalue weighted by atomic mass is 10.1. The van der Waals surface area contributed by atoms with Gasteiger partial charge in [-0.15, -0.1) is 0 Å². The summed E-state index contributed by atoms with van der Waals surface area (Å²) in [5.41, 5.74) is 1.61. The van der Waals surface area contributed by atoms with Gasteiger partial charge in [0.25, 0.3) is 5.88 Å². The number of ether oxygens (including phenoxy) is 2. The van der Waals surface area contributed by atoms with Crippen LogP contribution in [0.1, 0.15) is 37.6 Å². The Hall–Kier alpha value is -2.50. The summed E-state index contributed by atoms with van der Waals surface area (Å²) in [7, 11) is 0. The van der Waals surface area contributed by atoms with E-state index in [1.54, 1.807) is 0 Å². The zero-order chi connectivity index (χ0) is 16.8. The smallest absolute Gasteiger partial charge is 0.262 e. The quantitative estimate of drug-likeness (QED) is 0.544. The minimum absolute atomic E-state index is 0.529. The van der Waals surface area contributed by atoms with Crippen molar-refractivity contribution >= 4 is 11.0 Å². The van der Waals surface area contributed by atoms with E-state index >= 15 is 0 Å². The van der Waals surface area contributed by atoms with Crippen LogP contribution in [0.25, 0.3) is 11.0 Å². The number of hydrogen-bond donors (Lipinski definition) is 0. The molecule has 0 fully saturated rings. The van der Waals surface area contributed by atoms with Gasteiger partial charge in [-0.3, -0.25) is 0 Å². The molecule has 0 saturated carbocycles. The lowest BCUT2D eigenvalue weighted by Crippen LogP contribution is -1.97. The summed E-state index contributed by atoms with van der Waals surface area (Å²) < 4.78 is 21.6. The molecule has 6 nitrogen and oxygen atoms in total. The maximum Gasteiger partial charge on any atom is 0.262 e. The van der Waals surface area contributed by atoms with Crippen molar-refractivity contribution in [1.29, 1.82) is 0 Å². The molecule has 0 aliphatic heterocycles. The number of aromatic nitrogens is 2. The van der Waals surface area contributed by atoms with Gasteiger partial charge in [-0.2, -0.15) is 0 Å². The largest absolute Gasteiger partial charge is 0.493 e. The van der Waals surface area contributed by atoms with E-state index in [0.29, 0.717) is 24.7 Å². The highest BCUT2D eigenvalue weighted by Gasteiger charge is 2.09. The van der Waals surface area contributed by atoms with Crippen molar-refractivity contribution in [2.75, 3.05) is 13.2 Å². The molecule has 0 saturated heterocycles. The van der Waals surface area contributed by atoms with Gasteiger partial charge in [-0.05, 0) is 50.4 Å². The standard InChI is InChI=1S/C18H22N2O4/c1-3-21-18-16-9-8-14(12-17(16)24-20-18)22-10-6-4-5-7-15-11-13(2)19-23-15/h8-9,11-12H,3-7,10H2,1-2H3. The van der Waals surface area contributed by atoms with Crippen molar-refractivity contribution in [3.8, 4) is 11.6 Å². The summed E-state index contributed by atoms with van der Waals surface area (Å²) in [5.74, 6) is 2.27. The maximum absolute atomic E-state index is 5.78. The summed E-state index contributed by atoms with van der Waals surface area (Å²) >= 11 is 0. The minimum atomic E-state index is 0.529. The average Bonchev–Trinajstić information content (AvgIpc) is 3.17. The molecule has 3 aromatic rings. The molecular weight excluding hydrogens is 308 g/mol. The van der Waals surface area contributed by atoms with Crippen LogP contribution >= 0.6 is 0 Å². The van der Waals surface area contributed by atoms with Crippen LogP contribution < -0.4 is 9.47 Å². The predicted molar refractivity (Wildman–Crippen MR) is 89.5 cm³/mol. The molecule has 24 heavy (non-hydrogen) atoms. The molecule has 0 aliphatic carbocycles. The second kappa shape index (κ2) is 7.86. The van der Waals surface area contributed by atoms with Crippen molar-refractivity contribution in [3.63, 3.8) is 0 Å². The van der Waals surface area contributed by atoms with E-state index in [2.05, 4.69) is 10.3 Å². The minimum Gasteiger partial charge on any atom is -0.493 e. The first kappa shape index (κ1) is 16.4. The van der Waals surface area contributed by atoms with Crippen molar-refractivity contribution in [1.82, 2.24) is 10.3 Å². The number of aryl methyl sites for hydroxylation is 2. The highest BCUT2D eigenvalue weighted by atomic mass is 16.5. The molecular formula is C18H22N2O4. The van der Waals surface area contributed by atoms with Gasteiger partial charge in [0.15, 0.2) is 5.58 Å². The van der Waals surface area contributed by atoms with Crippen LogP contribution in [-0.2, 0) is 6.42 Å². The van der Waals surface area contributed by atoms with Gasteiger partial charge < -0.3 is 18.5 Å². The highest BCUT2D eigenvalue weighted by molar-refractivity contribution is 5.83. The molecule has 3 rings (SSSR count). The molecule has 0 unspecified atom stereocenters. The monoisotopic (exact) mass is 330 g/mol. The zero-order valence-electron chi connectivity index (χ0n) is 14.1. The van der Waals surface area contributed by atoms with Crippen molar-refractivity contribution in [2.45, 2.75) is 39.5 Å². The summed E-state index contributed by atoms with van der Waals surface area (Å²) in [4.78, 5) is 0. The second-order valence-electron chi connectivity index (χ2n) is 5.67. The molecule has 1 aromatic carbocycles. The molecule has 0 amide bonds. The van der Waals surface area contributed by atoms with Crippen LogP contribution in [0.4, 0.5) is 0 Å². The number of benzene rings is 1. The molecule has 0 aliphatic rings. The Labute approximate surface area is 140 Å². The third kappa shape index (κ3) is 4.07. The number of rotatable bonds is 9. The number of unbranched alkanes of at least 4 members (excludes halogenated alkanes) is 2. The maximum atomic E-state index is 5.78. The average molecular weight is 330 g/mol. The van der Waals surface area contributed by atoms with E-state index in [9.17, 15) is 0 Å². The first-order valence-electron chi connectivity index (χ1n) is 8.33. The Bertz CT molecular complexity index is 778. The van der Waals surface area contributed by atoms with E-state index in [1.165, 1.54) is 0 Å². The van der Waals surface area contributed by atoms with Crippen LogP contribution in [0.15, 0.2) is 33.3 Å². The number of fused-ring (bicyclic) bond motifs is 1. The van der Waals surface area contributed by atoms with Gasteiger partial charge in [-0.25, -0.2) is 0 Å². The topological polar surface area (TPSA) is 70.5 Å². The number of nitrogens with zero attached hydrogens (tertiary/aromatic N) is 2. The van der Waals surface area contributed by atoms with Crippen LogP contribution in [0, 0.1) is 6.92 Å². The van der Waals surface area contributed by atoms with Crippen LogP contribution in [0.2, 0.25) is 0 Å². The fourth-order valence-electron chi connectivity index (χ4n) is 2.53. The number of hydrogen-bond acceptors (Lipinski definition) is 6. The van der Waals surface area contributed by atoms with Crippen LogP contribution in [-0.4, -0.2) is 23.5 Å². The van der Waals surface area contributed by atoms with E-state index in [4.69, 9.17) is 18.5 Å². The first-order valence-corrected chi connectivity index (χ1v) is 8.33. The zero-order valence-corrected chi connectivity index (χ0v) is 14.1. The third-order valence-corrected chi connectivity index (χ3v) is 3.70. The van der Waals surface area contributed by atoms with Crippen molar-refractivity contribution in [3.05, 3.63) is 35.7 Å². The fraction of sp³-hybridized carbons (Fsp3) is 0.444. The molecule has 6 heteroatoms. The first-order chi connectivity index (χ1) is 11.8. The Morgan fingerprint density at radius 2 is 1.92 bits per heavy atom. The van der Waals surface area contributed by atoms with Crippen LogP contribution in [0.5, 0.6) is 11.6 Å². The SMILES string of the molecule is CCOc1noc2cc(OCCCCCc3cc(C)no3)ccc12. The summed E-state index contributed by atoms with van der Waals surface area (Å²) in [5, 5.41) is 8.66. The summed E-state index contributed by atoms with van der Waals surface area (Å²) in [6.45, 7) is 5.09. The van der Waals surface area contributed by atoms with Gasteiger partial charge >= 0.3 is 0 Å². The van der Waals surface area contributed by atoms with Gasteiger partial charge in [0, 0.05) is 18.6 Å². The molecule has 0 radical (unpaired) electrons. The molecule has 0 N–H and O–H groups in total. The molecule has 2 aromatic heterocycles. The van der Waals surface area contributed by atoms with Crippen molar-refractivity contribution in [2.24, 2.45) is 0 Å². The van der Waals surface area contributed by atoms with Crippen LogP contribution in [0.3, 0.4) is 0 Å². The molecule has 0 atom stereocenters. The Morgan fingerprint density at radius 1 is 1.00 bits per heavy atom. The molecule has 0 bridgehead atoms. The summed E-state index contributed by atoms with van der Waals surface area (Å²) in [6, 6.07) is 7.67. The fourth-order valence-corrected chi connectivity index (χ4v) is 2.53. The Kier molecular flexibility index (Phi) is 5.36. The van der Waals surface area contributed by atoms with Gasteiger partial charge in [0.2, 0.25) is 0 Å². The molecule has 128 valence electrons. The van der Waals surface area contributed by atoms with Gasteiger partial charge in [-0.1, -0.05) is 5.16 Å². The molecule has 0 spiro atoms. The lowest BCUT2D eigenvalue weighted by Gasteiger charge is -2.05. The van der Waals surface area contributed by atoms with E-state index in [1.807, 2.05) is 38.1 Å². The molecule has 2 heterocycles. The summed E-state index contributed by atoms with van der Waals surface area (Å²) in [6.07, 6.45) is 4.06. The lowest BCUT2D eigenvalue weighted by molar-refractivity contribution is 0.299.